The van der Waals surface area contributed by atoms with Gasteiger partial charge >= 0.3 is 0 Å². The first-order valence-electron chi connectivity index (χ1n) is 10.9. The number of nitrogens with two attached hydrogens (primary N) is 1. The van der Waals surface area contributed by atoms with E-state index >= 15 is 0 Å². The number of amides is 1. The van der Waals surface area contributed by atoms with Crippen LogP contribution in [0.1, 0.15) is 32.1 Å². The van der Waals surface area contributed by atoms with Gasteiger partial charge in [-0.25, -0.2) is 0 Å². The van der Waals surface area contributed by atoms with Gasteiger partial charge in [0, 0.05) is 50.2 Å². The predicted molar refractivity (Wildman–Crippen MR) is 118 cm³/mol. The highest BCUT2D eigenvalue weighted by Gasteiger charge is 2.31. The lowest BCUT2D eigenvalue weighted by atomic mass is 9.81. The number of para-hydroxylation sites is 1. The molecule has 1 aromatic carbocycles. The first-order chi connectivity index (χ1) is 13.7. The molecule has 0 radical (unpaired) electrons. The maximum absolute atomic E-state index is 12.5. The molecule has 6 heteroatoms. The molecule has 3 aliphatic rings. The lowest BCUT2D eigenvalue weighted by Gasteiger charge is -2.43. The zero-order chi connectivity index (χ0) is 19.3. The summed E-state index contributed by atoms with van der Waals surface area (Å²) in [5.41, 5.74) is 7.61. The molecule has 3 fully saturated rings. The summed E-state index contributed by atoms with van der Waals surface area (Å²) >= 11 is 1.83. The minimum absolute atomic E-state index is 0.171. The summed E-state index contributed by atoms with van der Waals surface area (Å²) in [4.78, 5) is 19.6. The Kier molecular flexibility index (Phi) is 6.81. The number of thioether (sulfide) groups is 1. The summed E-state index contributed by atoms with van der Waals surface area (Å²) in [6.45, 7) is 5.44. The Morgan fingerprint density at radius 2 is 1.75 bits per heavy atom. The van der Waals surface area contributed by atoms with E-state index in [9.17, 15) is 4.79 Å². The summed E-state index contributed by atoms with van der Waals surface area (Å²) in [6.07, 6.45) is 5.83. The molecular formula is C22H34N4OS. The second-order valence-electron chi connectivity index (χ2n) is 8.51. The maximum Gasteiger partial charge on any atom is 0.240 e. The highest BCUT2D eigenvalue weighted by atomic mass is 32.2. The predicted octanol–water partition coefficient (Wildman–Crippen LogP) is 2.62. The van der Waals surface area contributed by atoms with Gasteiger partial charge in [0.1, 0.15) is 0 Å². The van der Waals surface area contributed by atoms with E-state index in [1.54, 1.807) is 0 Å². The van der Waals surface area contributed by atoms with Gasteiger partial charge in [-0.2, -0.15) is 0 Å². The van der Waals surface area contributed by atoms with Crippen molar-refractivity contribution in [1.29, 1.82) is 0 Å². The second-order valence-corrected chi connectivity index (χ2v) is 9.59. The van der Waals surface area contributed by atoms with Gasteiger partial charge in [0.05, 0.1) is 11.9 Å². The van der Waals surface area contributed by atoms with Crippen LogP contribution in [0.2, 0.25) is 0 Å². The van der Waals surface area contributed by atoms with Crippen LogP contribution in [0, 0.1) is 5.92 Å². The van der Waals surface area contributed by atoms with E-state index in [1.807, 2.05) is 16.7 Å². The van der Waals surface area contributed by atoms with Crippen LogP contribution in [0.4, 0.5) is 5.69 Å². The minimum atomic E-state index is -0.297. The average Bonchev–Trinajstić information content (AvgIpc) is 3.29. The lowest BCUT2D eigenvalue weighted by Crippen LogP contribution is -2.51. The normalized spacial score (nSPS) is 27.8. The molecular weight excluding hydrogens is 368 g/mol. The molecule has 28 heavy (non-hydrogen) atoms. The Hall–Kier alpha value is -1.24. The topological polar surface area (TPSA) is 52.8 Å². The van der Waals surface area contributed by atoms with E-state index in [0.29, 0.717) is 5.92 Å². The molecule has 0 aromatic heterocycles. The van der Waals surface area contributed by atoms with Gasteiger partial charge in [-0.3, -0.25) is 9.69 Å². The SMILES string of the molecule is N[C@@H](C[C@H]1CC[C@@H](N2CCN(c3ccccc3)CC2)CC1)C(=O)N1CCSC1. The van der Waals surface area contributed by atoms with Gasteiger partial charge in [-0.15, -0.1) is 11.8 Å². The second kappa shape index (κ2) is 9.51. The van der Waals surface area contributed by atoms with Crippen molar-refractivity contribution in [3.05, 3.63) is 30.3 Å². The van der Waals surface area contributed by atoms with Crippen molar-refractivity contribution in [1.82, 2.24) is 9.80 Å². The lowest BCUT2D eigenvalue weighted by molar-refractivity contribution is -0.131. The number of anilines is 1. The fourth-order valence-corrected chi connectivity index (χ4v) is 5.97. The number of nitrogens with zero attached hydrogens (tertiary/aromatic N) is 3. The molecule has 2 heterocycles. The van der Waals surface area contributed by atoms with E-state index in [2.05, 4.69) is 40.1 Å². The highest BCUT2D eigenvalue weighted by Crippen LogP contribution is 2.31. The van der Waals surface area contributed by atoms with E-state index < -0.39 is 0 Å². The number of hydrogen-bond acceptors (Lipinski definition) is 5. The van der Waals surface area contributed by atoms with E-state index in [-0.39, 0.29) is 11.9 Å². The van der Waals surface area contributed by atoms with E-state index in [0.717, 1.165) is 56.8 Å². The van der Waals surface area contributed by atoms with Gasteiger partial charge in [0.2, 0.25) is 5.91 Å². The van der Waals surface area contributed by atoms with Gasteiger partial charge in [0.25, 0.3) is 0 Å². The van der Waals surface area contributed by atoms with Gasteiger partial charge in [-0.05, 0) is 50.2 Å². The number of benzene rings is 1. The summed E-state index contributed by atoms with van der Waals surface area (Å²) in [6, 6.07) is 11.2. The Balaban J connectivity index is 1.19. The van der Waals surface area contributed by atoms with Crippen LogP contribution >= 0.6 is 11.8 Å². The number of carbonyl (C=O) groups excluding carboxylic acids is 1. The molecule has 5 nitrogen and oxygen atoms in total. The Labute approximate surface area is 173 Å². The van der Waals surface area contributed by atoms with Gasteiger partial charge < -0.3 is 15.5 Å². The smallest absolute Gasteiger partial charge is 0.240 e. The quantitative estimate of drug-likeness (QED) is 0.821. The third kappa shape index (κ3) is 4.84. The van der Waals surface area contributed by atoms with Crippen molar-refractivity contribution in [2.75, 3.05) is 49.3 Å². The molecule has 1 aliphatic carbocycles. The molecule has 154 valence electrons. The molecule has 2 N–H and O–H groups in total. The molecule has 1 atom stereocenters. The summed E-state index contributed by atoms with van der Waals surface area (Å²) in [7, 11) is 0. The van der Waals surface area contributed by atoms with Crippen molar-refractivity contribution in [3.8, 4) is 0 Å². The fraction of sp³-hybridized carbons (Fsp3) is 0.682. The van der Waals surface area contributed by atoms with Crippen LogP contribution in [0.5, 0.6) is 0 Å². The van der Waals surface area contributed by atoms with Crippen molar-refractivity contribution >= 4 is 23.4 Å². The number of carbonyl (C=O) groups is 1. The Morgan fingerprint density at radius 1 is 1.04 bits per heavy atom. The van der Waals surface area contributed by atoms with Gasteiger partial charge in [-0.1, -0.05) is 18.2 Å². The summed E-state index contributed by atoms with van der Waals surface area (Å²) in [5.74, 6) is 2.68. The molecule has 2 saturated heterocycles. The first-order valence-corrected chi connectivity index (χ1v) is 12.0. The maximum atomic E-state index is 12.5. The molecule has 0 bridgehead atoms. The van der Waals surface area contributed by atoms with Crippen molar-refractivity contribution in [2.45, 2.75) is 44.2 Å². The molecule has 0 unspecified atom stereocenters. The number of rotatable bonds is 5. The Morgan fingerprint density at radius 3 is 2.39 bits per heavy atom. The Bertz CT molecular complexity index is 621. The molecule has 0 spiro atoms. The molecule has 4 rings (SSSR count). The van der Waals surface area contributed by atoms with Gasteiger partial charge in [0.15, 0.2) is 0 Å². The van der Waals surface area contributed by atoms with Crippen molar-refractivity contribution in [3.63, 3.8) is 0 Å². The van der Waals surface area contributed by atoms with Crippen LogP contribution < -0.4 is 10.6 Å². The fourth-order valence-electron chi connectivity index (χ4n) is 5.01. The zero-order valence-electron chi connectivity index (χ0n) is 16.8. The molecule has 1 aromatic rings. The molecule has 2 aliphatic heterocycles. The minimum Gasteiger partial charge on any atom is -0.369 e. The van der Waals surface area contributed by atoms with Crippen LogP contribution in [0.3, 0.4) is 0 Å². The third-order valence-electron chi connectivity index (χ3n) is 6.74. The summed E-state index contributed by atoms with van der Waals surface area (Å²) in [5, 5.41) is 0. The summed E-state index contributed by atoms with van der Waals surface area (Å²) < 4.78 is 0. The molecule has 1 saturated carbocycles. The standard InChI is InChI=1S/C22H34N4OS/c23-21(22(27)26-14-15-28-17-26)16-18-6-8-20(9-7-18)25-12-10-24(11-13-25)19-4-2-1-3-5-19/h1-5,18,20-21H,6-17,23H2/t18-,20+,21-/m0/s1. The largest absolute Gasteiger partial charge is 0.369 e. The van der Waals surface area contributed by atoms with Crippen LogP contribution in [-0.4, -0.2) is 72.1 Å². The number of piperazine rings is 1. The third-order valence-corrected chi connectivity index (χ3v) is 7.70. The molecule has 1 amide bonds. The number of hydrogen-bond donors (Lipinski definition) is 1. The van der Waals surface area contributed by atoms with Crippen molar-refractivity contribution in [2.24, 2.45) is 11.7 Å². The van der Waals surface area contributed by atoms with E-state index in [1.165, 1.54) is 31.4 Å². The monoisotopic (exact) mass is 402 g/mol. The zero-order valence-corrected chi connectivity index (χ0v) is 17.7. The van der Waals surface area contributed by atoms with Crippen LogP contribution in [-0.2, 0) is 4.79 Å². The van der Waals surface area contributed by atoms with Crippen LogP contribution in [0.15, 0.2) is 30.3 Å². The average molecular weight is 403 g/mol. The first kappa shape index (κ1) is 20.0. The highest BCUT2D eigenvalue weighted by molar-refractivity contribution is 7.99. The van der Waals surface area contributed by atoms with Crippen LogP contribution in [0.25, 0.3) is 0 Å². The van der Waals surface area contributed by atoms with Crippen molar-refractivity contribution < 1.29 is 4.79 Å². The van der Waals surface area contributed by atoms with E-state index in [4.69, 9.17) is 5.73 Å².